The summed E-state index contributed by atoms with van der Waals surface area (Å²) in [6.07, 6.45) is 20.3. The van der Waals surface area contributed by atoms with E-state index in [2.05, 4.69) is 19.2 Å². The number of aliphatic hydroxyl groups excluding tert-OH is 2. The summed E-state index contributed by atoms with van der Waals surface area (Å²) in [5, 5.41) is 23.0. The molecule has 0 bridgehead atoms. The highest BCUT2D eigenvalue weighted by atomic mass is 32.2. The van der Waals surface area contributed by atoms with E-state index in [0.717, 1.165) is 44.9 Å². The molecule has 3 unspecified atom stereocenters. The molecule has 7 nitrogen and oxygen atoms in total. The Morgan fingerprint density at radius 1 is 0.639 bits per heavy atom. The maximum atomic E-state index is 12.4. The minimum absolute atomic E-state index is 0.301. The number of hydrogen-bond donors (Lipinski definition) is 4. The van der Waals surface area contributed by atoms with Crippen LogP contribution in [-0.2, 0) is 14.9 Å². The fourth-order valence-corrected chi connectivity index (χ4v) is 5.34. The summed E-state index contributed by atoms with van der Waals surface area (Å²) < 4.78 is 31.9. The number of amides is 1. The van der Waals surface area contributed by atoms with Crippen molar-refractivity contribution in [2.24, 2.45) is 0 Å². The van der Waals surface area contributed by atoms with Crippen LogP contribution in [0.5, 0.6) is 0 Å². The molecule has 0 heterocycles. The number of carbonyl (C=O) groups excluding carboxylic acids is 1. The Balaban J connectivity index is 4.02. The molecule has 0 aliphatic heterocycles. The number of rotatable bonds is 26. The first-order valence-electron chi connectivity index (χ1n) is 14.8. The molecule has 0 aromatic heterocycles. The van der Waals surface area contributed by atoms with E-state index >= 15 is 0 Å². The van der Waals surface area contributed by atoms with Crippen molar-refractivity contribution in [1.29, 1.82) is 0 Å². The van der Waals surface area contributed by atoms with Gasteiger partial charge in [-0.05, 0) is 12.8 Å². The van der Waals surface area contributed by atoms with E-state index in [4.69, 9.17) is 0 Å². The predicted octanol–water partition coefficient (Wildman–Crippen LogP) is 6.31. The highest BCUT2D eigenvalue weighted by Crippen LogP contribution is 2.15. The quantitative estimate of drug-likeness (QED) is 0.0760. The molecular formula is C28H57NO6S. The first-order valence-corrected chi connectivity index (χ1v) is 16.4. The summed E-state index contributed by atoms with van der Waals surface area (Å²) in [6, 6.07) is -1.13. The molecule has 36 heavy (non-hydrogen) atoms. The summed E-state index contributed by atoms with van der Waals surface area (Å²) in [7, 11) is -4.38. The van der Waals surface area contributed by atoms with Crippen LogP contribution >= 0.6 is 0 Å². The second kappa shape index (κ2) is 23.4. The fraction of sp³-hybridized carbons (Fsp3) is 0.964. The molecule has 0 aromatic rings. The third-order valence-corrected chi connectivity index (χ3v) is 7.70. The van der Waals surface area contributed by atoms with Crippen molar-refractivity contribution in [1.82, 2.24) is 5.32 Å². The standard InChI is InChI=1S/C28H57NO6S/c1-3-5-7-9-10-11-12-13-14-15-16-17-19-21-23-27(31)28(32)29-25(24-36(33,34)35)26(30)22-20-18-8-6-4-2/h25-27,30-31H,3-24H2,1-2H3,(H,29,32)(H,33,34,35). The number of carbonyl (C=O) groups is 1. The SMILES string of the molecule is CCCCCCCCCCCCCCCCC(O)C(=O)NC(CS(=O)(=O)O)C(O)CCCCCCC. The van der Waals surface area contributed by atoms with Gasteiger partial charge in [0.1, 0.15) is 6.10 Å². The van der Waals surface area contributed by atoms with Crippen LogP contribution in [0.25, 0.3) is 0 Å². The smallest absolute Gasteiger partial charge is 0.266 e. The monoisotopic (exact) mass is 535 g/mol. The third-order valence-electron chi connectivity index (χ3n) is 6.92. The number of hydrogen-bond acceptors (Lipinski definition) is 5. The van der Waals surface area contributed by atoms with Crippen LogP contribution in [-0.4, -0.2) is 53.1 Å². The Labute approximate surface area is 222 Å². The van der Waals surface area contributed by atoms with Crippen LogP contribution in [0.15, 0.2) is 0 Å². The van der Waals surface area contributed by atoms with E-state index in [1.165, 1.54) is 70.6 Å². The lowest BCUT2D eigenvalue weighted by molar-refractivity contribution is -0.131. The molecule has 8 heteroatoms. The fourth-order valence-electron chi connectivity index (χ4n) is 4.58. The topological polar surface area (TPSA) is 124 Å². The number of aliphatic hydroxyl groups is 2. The van der Waals surface area contributed by atoms with E-state index < -0.39 is 40.0 Å². The van der Waals surface area contributed by atoms with Gasteiger partial charge in [-0.15, -0.1) is 0 Å². The van der Waals surface area contributed by atoms with E-state index in [1.54, 1.807) is 0 Å². The second-order valence-corrected chi connectivity index (χ2v) is 12.0. The van der Waals surface area contributed by atoms with Gasteiger partial charge in [-0.1, -0.05) is 136 Å². The van der Waals surface area contributed by atoms with Crippen LogP contribution in [0.2, 0.25) is 0 Å². The first kappa shape index (κ1) is 35.3. The Morgan fingerprint density at radius 2 is 1.00 bits per heavy atom. The van der Waals surface area contributed by atoms with Gasteiger partial charge in [0.15, 0.2) is 0 Å². The Kier molecular flexibility index (Phi) is 23.0. The molecule has 0 aliphatic carbocycles. The van der Waals surface area contributed by atoms with Crippen LogP contribution in [0.3, 0.4) is 0 Å². The van der Waals surface area contributed by atoms with Gasteiger partial charge in [0.25, 0.3) is 10.1 Å². The predicted molar refractivity (Wildman–Crippen MR) is 149 cm³/mol. The van der Waals surface area contributed by atoms with Gasteiger partial charge in [-0.3, -0.25) is 9.35 Å². The highest BCUT2D eigenvalue weighted by Gasteiger charge is 2.28. The molecule has 0 spiro atoms. The lowest BCUT2D eigenvalue weighted by Gasteiger charge is -2.24. The van der Waals surface area contributed by atoms with E-state index in [9.17, 15) is 28.0 Å². The molecule has 0 rings (SSSR count). The van der Waals surface area contributed by atoms with Crippen LogP contribution in [0, 0.1) is 0 Å². The van der Waals surface area contributed by atoms with Gasteiger partial charge in [0, 0.05) is 0 Å². The van der Waals surface area contributed by atoms with Crippen molar-refractivity contribution in [2.75, 3.05) is 5.75 Å². The van der Waals surface area contributed by atoms with Gasteiger partial charge in [0.2, 0.25) is 5.91 Å². The molecule has 216 valence electrons. The van der Waals surface area contributed by atoms with Gasteiger partial charge >= 0.3 is 0 Å². The molecule has 0 saturated carbocycles. The maximum absolute atomic E-state index is 12.4. The zero-order valence-electron chi connectivity index (χ0n) is 23.3. The average molecular weight is 536 g/mol. The van der Waals surface area contributed by atoms with E-state index in [1.807, 2.05) is 0 Å². The van der Waals surface area contributed by atoms with Crippen LogP contribution in [0.4, 0.5) is 0 Å². The Hall–Kier alpha value is -0.700. The molecular weight excluding hydrogens is 478 g/mol. The zero-order valence-corrected chi connectivity index (χ0v) is 24.1. The molecule has 3 atom stereocenters. The summed E-state index contributed by atoms with van der Waals surface area (Å²) in [5.41, 5.74) is 0. The molecule has 1 amide bonds. The molecule has 0 saturated heterocycles. The van der Waals surface area contributed by atoms with Crippen molar-refractivity contribution in [3.8, 4) is 0 Å². The van der Waals surface area contributed by atoms with Gasteiger partial charge in [0.05, 0.1) is 17.9 Å². The van der Waals surface area contributed by atoms with E-state index in [0.29, 0.717) is 19.3 Å². The van der Waals surface area contributed by atoms with Crippen molar-refractivity contribution in [2.45, 2.75) is 167 Å². The zero-order chi connectivity index (χ0) is 27.1. The maximum Gasteiger partial charge on any atom is 0.266 e. The molecule has 4 N–H and O–H groups in total. The average Bonchev–Trinajstić information content (AvgIpc) is 2.82. The van der Waals surface area contributed by atoms with Crippen LogP contribution in [0.1, 0.15) is 149 Å². The Bertz CT molecular complexity index is 613. The van der Waals surface area contributed by atoms with Gasteiger partial charge in [-0.25, -0.2) is 0 Å². The van der Waals surface area contributed by atoms with Crippen LogP contribution < -0.4 is 5.32 Å². The number of unbranched alkanes of at least 4 members (excludes halogenated alkanes) is 17. The van der Waals surface area contributed by atoms with Crippen molar-refractivity contribution < 1.29 is 28.0 Å². The molecule has 0 radical (unpaired) electrons. The van der Waals surface area contributed by atoms with Crippen molar-refractivity contribution in [3.63, 3.8) is 0 Å². The number of nitrogens with one attached hydrogen (secondary N) is 1. The lowest BCUT2D eigenvalue weighted by atomic mass is 10.0. The molecule has 0 fully saturated rings. The largest absolute Gasteiger partial charge is 0.391 e. The van der Waals surface area contributed by atoms with Crippen molar-refractivity contribution >= 4 is 16.0 Å². The molecule has 0 aliphatic rings. The van der Waals surface area contributed by atoms with E-state index in [-0.39, 0.29) is 0 Å². The van der Waals surface area contributed by atoms with Gasteiger partial charge < -0.3 is 15.5 Å². The molecule has 0 aromatic carbocycles. The summed E-state index contributed by atoms with van der Waals surface area (Å²) >= 11 is 0. The minimum Gasteiger partial charge on any atom is -0.391 e. The highest BCUT2D eigenvalue weighted by molar-refractivity contribution is 7.85. The summed E-state index contributed by atoms with van der Waals surface area (Å²) in [5.74, 6) is -1.45. The second-order valence-electron chi connectivity index (χ2n) is 10.5. The normalized spacial score (nSPS) is 14.5. The summed E-state index contributed by atoms with van der Waals surface area (Å²) in [4.78, 5) is 12.4. The summed E-state index contributed by atoms with van der Waals surface area (Å²) in [6.45, 7) is 4.35. The third kappa shape index (κ3) is 22.5. The van der Waals surface area contributed by atoms with Gasteiger partial charge in [-0.2, -0.15) is 8.42 Å². The lowest BCUT2D eigenvalue weighted by Crippen LogP contribution is -2.50. The minimum atomic E-state index is -4.38. The Morgan fingerprint density at radius 3 is 1.39 bits per heavy atom. The van der Waals surface area contributed by atoms with Crippen molar-refractivity contribution in [3.05, 3.63) is 0 Å². The first-order chi connectivity index (χ1) is 17.2.